The molecule has 1 aromatic rings. The minimum absolute atomic E-state index is 0.0131. The van der Waals surface area contributed by atoms with Crippen LogP contribution in [0.1, 0.15) is 44.7 Å². The van der Waals surface area contributed by atoms with E-state index in [1.54, 1.807) is 0 Å². The Bertz CT molecular complexity index is 462. The van der Waals surface area contributed by atoms with Crippen LogP contribution in [0.5, 0.6) is 5.75 Å². The van der Waals surface area contributed by atoms with Crippen molar-refractivity contribution < 1.29 is 9.53 Å². The highest BCUT2D eigenvalue weighted by atomic mass is 16.5. The van der Waals surface area contributed by atoms with Crippen LogP contribution in [-0.4, -0.2) is 24.6 Å². The summed E-state index contributed by atoms with van der Waals surface area (Å²) in [5.74, 6) is 0.985. The molecule has 0 atom stereocenters. The van der Waals surface area contributed by atoms with Crippen LogP contribution in [-0.2, 0) is 4.79 Å². The van der Waals surface area contributed by atoms with Crippen LogP contribution in [0.15, 0.2) is 18.2 Å². The zero-order valence-electron chi connectivity index (χ0n) is 13.1. The lowest BCUT2D eigenvalue weighted by Gasteiger charge is -2.19. The maximum Gasteiger partial charge on any atom is 0.258 e. The van der Waals surface area contributed by atoms with Crippen molar-refractivity contribution in [2.45, 2.75) is 46.1 Å². The summed E-state index contributed by atoms with van der Waals surface area (Å²) in [4.78, 5) is 11.7. The first-order valence-corrected chi connectivity index (χ1v) is 6.98. The lowest BCUT2D eigenvalue weighted by atomic mass is 10.0. The number of carbonyl (C=O) groups excluding carboxylic acids is 1. The first-order valence-electron chi connectivity index (χ1n) is 6.98. The van der Waals surface area contributed by atoms with Gasteiger partial charge in [-0.2, -0.15) is 0 Å². The summed E-state index contributed by atoms with van der Waals surface area (Å²) in [5.41, 5.74) is 7.64. The molecule has 4 nitrogen and oxygen atoms in total. The van der Waals surface area contributed by atoms with Crippen LogP contribution in [0.3, 0.4) is 0 Å². The molecule has 0 saturated carbocycles. The Morgan fingerprint density at radius 1 is 1.40 bits per heavy atom. The molecule has 0 aliphatic rings. The number of amides is 1. The highest BCUT2D eigenvalue weighted by Crippen LogP contribution is 2.27. The maximum atomic E-state index is 11.7. The minimum atomic E-state index is -0.415. The first kappa shape index (κ1) is 16.5. The number of ether oxygens (including phenoxy) is 1. The van der Waals surface area contributed by atoms with E-state index in [2.05, 4.69) is 31.3 Å². The van der Waals surface area contributed by atoms with Crippen molar-refractivity contribution in [2.75, 3.05) is 13.2 Å². The molecule has 0 bridgehead atoms. The molecule has 4 heteroatoms. The molecule has 0 aliphatic carbocycles. The molecule has 0 aromatic heterocycles. The number of hydrogen-bond donors (Lipinski definition) is 2. The summed E-state index contributed by atoms with van der Waals surface area (Å²) in [6.45, 7) is 10.4. The van der Waals surface area contributed by atoms with E-state index in [1.165, 1.54) is 0 Å². The van der Waals surface area contributed by atoms with E-state index in [4.69, 9.17) is 10.5 Å². The lowest BCUT2D eigenvalue weighted by Crippen LogP contribution is -2.46. The second-order valence-electron chi connectivity index (χ2n) is 6.25. The van der Waals surface area contributed by atoms with Gasteiger partial charge in [-0.25, -0.2) is 0 Å². The molecule has 112 valence electrons. The predicted molar refractivity (Wildman–Crippen MR) is 82.0 cm³/mol. The molecule has 0 fully saturated rings. The normalized spacial score (nSPS) is 11.6. The summed E-state index contributed by atoms with van der Waals surface area (Å²) < 4.78 is 5.65. The lowest BCUT2D eigenvalue weighted by molar-refractivity contribution is -0.123. The SMILES string of the molecule is Cc1ccc(C(C)C)c(OCC(=O)NCC(C)(C)N)c1. The summed E-state index contributed by atoms with van der Waals surface area (Å²) >= 11 is 0. The Morgan fingerprint density at radius 3 is 2.60 bits per heavy atom. The van der Waals surface area contributed by atoms with Gasteiger partial charge in [0.05, 0.1) is 0 Å². The van der Waals surface area contributed by atoms with E-state index in [9.17, 15) is 4.79 Å². The van der Waals surface area contributed by atoms with Crippen molar-refractivity contribution in [1.29, 1.82) is 0 Å². The Kier molecular flexibility index (Phi) is 5.57. The smallest absolute Gasteiger partial charge is 0.258 e. The number of benzene rings is 1. The highest BCUT2D eigenvalue weighted by molar-refractivity contribution is 5.77. The van der Waals surface area contributed by atoms with Crippen LogP contribution in [0.25, 0.3) is 0 Å². The van der Waals surface area contributed by atoms with Gasteiger partial charge in [0.1, 0.15) is 5.75 Å². The molecule has 3 N–H and O–H groups in total. The molecule has 0 saturated heterocycles. The fourth-order valence-corrected chi connectivity index (χ4v) is 1.76. The number of aryl methyl sites for hydroxylation is 1. The molecule has 1 amide bonds. The molecule has 20 heavy (non-hydrogen) atoms. The van der Waals surface area contributed by atoms with Gasteiger partial charge >= 0.3 is 0 Å². The molecule has 0 radical (unpaired) electrons. The Hall–Kier alpha value is -1.55. The fourth-order valence-electron chi connectivity index (χ4n) is 1.76. The third-order valence-electron chi connectivity index (χ3n) is 2.89. The van der Waals surface area contributed by atoms with Crippen molar-refractivity contribution in [3.8, 4) is 5.75 Å². The number of carbonyl (C=O) groups is 1. The monoisotopic (exact) mass is 278 g/mol. The molecular formula is C16H26N2O2. The van der Waals surface area contributed by atoms with E-state index in [0.717, 1.165) is 16.9 Å². The number of hydrogen-bond acceptors (Lipinski definition) is 3. The second-order valence-corrected chi connectivity index (χ2v) is 6.25. The van der Waals surface area contributed by atoms with Crippen LogP contribution in [0, 0.1) is 6.92 Å². The van der Waals surface area contributed by atoms with Gasteiger partial charge in [0, 0.05) is 12.1 Å². The highest BCUT2D eigenvalue weighted by Gasteiger charge is 2.14. The van der Waals surface area contributed by atoms with Gasteiger partial charge in [0.25, 0.3) is 5.91 Å². The first-order chi connectivity index (χ1) is 9.19. The standard InChI is InChI=1S/C16H26N2O2/c1-11(2)13-7-6-12(3)8-14(13)20-9-15(19)18-10-16(4,5)17/h6-8,11H,9-10,17H2,1-5H3,(H,18,19). The molecular weight excluding hydrogens is 252 g/mol. The van der Waals surface area contributed by atoms with Crippen molar-refractivity contribution in [3.05, 3.63) is 29.3 Å². The van der Waals surface area contributed by atoms with Gasteiger partial charge in [-0.15, -0.1) is 0 Å². The number of nitrogens with one attached hydrogen (secondary N) is 1. The second kappa shape index (κ2) is 6.75. The Labute approximate surface area is 121 Å². The largest absolute Gasteiger partial charge is 0.483 e. The zero-order valence-corrected chi connectivity index (χ0v) is 13.1. The van der Waals surface area contributed by atoms with Crippen LogP contribution in [0.2, 0.25) is 0 Å². The zero-order chi connectivity index (χ0) is 15.3. The molecule has 0 unspecified atom stereocenters. The molecule has 0 spiro atoms. The summed E-state index contributed by atoms with van der Waals surface area (Å²) in [6, 6.07) is 6.07. The van der Waals surface area contributed by atoms with Gasteiger partial charge in [-0.1, -0.05) is 26.0 Å². The Morgan fingerprint density at radius 2 is 2.05 bits per heavy atom. The summed E-state index contributed by atoms with van der Waals surface area (Å²) in [6.07, 6.45) is 0. The van der Waals surface area contributed by atoms with Crippen LogP contribution in [0.4, 0.5) is 0 Å². The summed E-state index contributed by atoms with van der Waals surface area (Å²) in [5, 5.41) is 2.77. The third kappa shape index (κ3) is 5.61. The molecule has 1 rings (SSSR count). The molecule has 1 aromatic carbocycles. The van der Waals surface area contributed by atoms with Gasteiger partial charge in [0.15, 0.2) is 6.61 Å². The third-order valence-corrected chi connectivity index (χ3v) is 2.89. The van der Waals surface area contributed by atoms with E-state index in [1.807, 2.05) is 26.8 Å². The van der Waals surface area contributed by atoms with Gasteiger partial charge < -0.3 is 15.8 Å². The predicted octanol–water partition coefficient (Wildman–Crippen LogP) is 2.35. The minimum Gasteiger partial charge on any atom is -0.483 e. The van der Waals surface area contributed by atoms with Crippen molar-refractivity contribution in [1.82, 2.24) is 5.32 Å². The van der Waals surface area contributed by atoms with E-state index >= 15 is 0 Å². The van der Waals surface area contributed by atoms with Crippen LogP contribution >= 0.6 is 0 Å². The van der Waals surface area contributed by atoms with Crippen LogP contribution < -0.4 is 15.8 Å². The number of nitrogens with two attached hydrogens (primary N) is 1. The van der Waals surface area contributed by atoms with E-state index in [0.29, 0.717) is 12.5 Å². The molecule has 0 aliphatic heterocycles. The van der Waals surface area contributed by atoms with E-state index < -0.39 is 5.54 Å². The quantitative estimate of drug-likeness (QED) is 0.839. The van der Waals surface area contributed by atoms with Crippen molar-refractivity contribution in [2.24, 2.45) is 5.73 Å². The van der Waals surface area contributed by atoms with Gasteiger partial charge in [-0.3, -0.25) is 4.79 Å². The molecule has 0 heterocycles. The van der Waals surface area contributed by atoms with Gasteiger partial charge in [-0.05, 0) is 43.9 Å². The van der Waals surface area contributed by atoms with Crippen molar-refractivity contribution in [3.63, 3.8) is 0 Å². The Balaban J connectivity index is 2.61. The van der Waals surface area contributed by atoms with Gasteiger partial charge in [0.2, 0.25) is 0 Å². The summed E-state index contributed by atoms with van der Waals surface area (Å²) in [7, 11) is 0. The van der Waals surface area contributed by atoms with Crippen molar-refractivity contribution >= 4 is 5.91 Å². The fraction of sp³-hybridized carbons (Fsp3) is 0.562. The van der Waals surface area contributed by atoms with E-state index in [-0.39, 0.29) is 12.5 Å². The topological polar surface area (TPSA) is 64.3 Å². The average Bonchev–Trinajstić information content (AvgIpc) is 2.32. The average molecular weight is 278 g/mol. The number of rotatable bonds is 6. The maximum absolute atomic E-state index is 11.7.